The van der Waals surface area contributed by atoms with E-state index in [2.05, 4.69) is 10.3 Å². The number of anilines is 1. The number of carboxylic acids is 1. The minimum Gasteiger partial charge on any atom is -0.478 e. The van der Waals surface area contributed by atoms with E-state index >= 15 is 0 Å². The third-order valence-corrected chi connectivity index (χ3v) is 3.91. The Labute approximate surface area is 119 Å². The largest absolute Gasteiger partial charge is 0.478 e. The second kappa shape index (κ2) is 5.30. The summed E-state index contributed by atoms with van der Waals surface area (Å²) < 4.78 is 0. The molecule has 2 N–H and O–H groups in total. The van der Waals surface area contributed by atoms with Gasteiger partial charge in [0, 0.05) is 34.1 Å². The number of thiophene rings is 1. The molecule has 4 nitrogen and oxygen atoms in total. The van der Waals surface area contributed by atoms with Crippen LogP contribution in [0.1, 0.15) is 15.2 Å². The van der Waals surface area contributed by atoms with Gasteiger partial charge >= 0.3 is 5.97 Å². The average Bonchev–Trinajstić information content (AvgIpc) is 2.94. The standard InChI is InChI=1S/C15H12N2O2S/c18-15(19)11-7-13(20-9-11)8-17-12-3-4-14-10(6-12)2-1-5-16-14/h1-7,9,17H,8H2,(H,18,19). The molecule has 5 heteroatoms. The topological polar surface area (TPSA) is 62.2 Å². The molecular formula is C15H12N2O2S. The molecule has 20 heavy (non-hydrogen) atoms. The molecule has 0 aliphatic rings. The highest BCUT2D eigenvalue weighted by molar-refractivity contribution is 7.10. The first kappa shape index (κ1) is 12.6. The maximum absolute atomic E-state index is 10.8. The summed E-state index contributed by atoms with van der Waals surface area (Å²) in [4.78, 5) is 16.1. The number of carbonyl (C=O) groups is 1. The molecule has 3 rings (SSSR count). The van der Waals surface area contributed by atoms with Crippen molar-refractivity contribution in [1.82, 2.24) is 4.98 Å². The van der Waals surface area contributed by atoms with Crippen molar-refractivity contribution < 1.29 is 9.90 Å². The number of hydrogen-bond donors (Lipinski definition) is 2. The summed E-state index contributed by atoms with van der Waals surface area (Å²) in [6.07, 6.45) is 1.77. The fourth-order valence-corrected chi connectivity index (χ4v) is 2.76. The zero-order chi connectivity index (χ0) is 13.9. The molecule has 3 aromatic rings. The quantitative estimate of drug-likeness (QED) is 0.768. The molecule has 0 amide bonds. The van der Waals surface area contributed by atoms with E-state index in [1.54, 1.807) is 17.6 Å². The van der Waals surface area contributed by atoms with Gasteiger partial charge in [0.2, 0.25) is 0 Å². The molecule has 0 unspecified atom stereocenters. The number of benzene rings is 1. The molecule has 0 fully saturated rings. The highest BCUT2D eigenvalue weighted by Gasteiger charge is 2.06. The maximum Gasteiger partial charge on any atom is 0.336 e. The summed E-state index contributed by atoms with van der Waals surface area (Å²) in [5, 5.41) is 14.9. The Balaban J connectivity index is 1.74. The molecule has 0 aliphatic heterocycles. The fourth-order valence-electron chi connectivity index (χ4n) is 1.96. The second-order valence-corrected chi connectivity index (χ2v) is 5.37. The van der Waals surface area contributed by atoms with Crippen LogP contribution in [-0.2, 0) is 6.54 Å². The van der Waals surface area contributed by atoms with Crippen LogP contribution in [0.15, 0.2) is 48.0 Å². The van der Waals surface area contributed by atoms with Gasteiger partial charge in [-0.15, -0.1) is 11.3 Å². The van der Waals surface area contributed by atoms with Gasteiger partial charge in [0.1, 0.15) is 0 Å². The summed E-state index contributed by atoms with van der Waals surface area (Å²) in [6, 6.07) is 11.6. The number of aromatic carboxylic acids is 1. The van der Waals surface area contributed by atoms with Crippen LogP contribution < -0.4 is 5.32 Å². The van der Waals surface area contributed by atoms with Crippen molar-refractivity contribution in [1.29, 1.82) is 0 Å². The van der Waals surface area contributed by atoms with Crippen molar-refractivity contribution in [2.45, 2.75) is 6.54 Å². The molecule has 100 valence electrons. The molecular weight excluding hydrogens is 272 g/mol. The predicted molar refractivity (Wildman–Crippen MR) is 80.3 cm³/mol. The summed E-state index contributed by atoms with van der Waals surface area (Å²) in [5.41, 5.74) is 2.30. The minimum absolute atomic E-state index is 0.342. The number of aromatic nitrogens is 1. The van der Waals surface area contributed by atoms with Gasteiger partial charge in [0.15, 0.2) is 0 Å². The summed E-state index contributed by atoms with van der Waals surface area (Å²) in [6.45, 7) is 0.615. The third kappa shape index (κ3) is 2.62. The Morgan fingerprint density at radius 3 is 3.00 bits per heavy atom. The van der Waals surface area contributed by atoms with E-state index in [9.17, 15) is 4.79 Å². The number of carboxylic acid groups (broad SMARTS) is 1. The van der Waals surface area contributed by atoms with Crippen molar-refractivity contribution in [3.63, 3.8) is 0 Å². The van der Waals surface area contributed by atoms with Crippen molar-refractivity contribution in [2.75, 3.05) is 5.32 Å². The first-order valence-corrected chi connectivity index (χ1v) is 7.00. The lowest BCUT2D eigenvalue weighted by Crippen LogP contribution is -1.98. The second-order valence-electron chi connectivity index (χ2n) is 4.37. The molecule has 0 saturated heterocycles. The predicted octanol–water partition coefficient (Wildman–Crippen LogP) is 3.61. The van der Waals surface area contributed by atoms with Crippen LogP contribution in [0.5, 0.6) is 0 Å². The van der Waals surface area contributed by atoms with Gasteiger partial charge in [0.25, 0.3) is 0 Å². The van der Waals surface area contributed by atoms with E-state index in [1.165, 1.54) is 11.3 Å². The monoisotopic (exact) mass is 284 g/mol. The molecule has 0 spiro atoms. The first-order chi connectivity index (χ1) is 9.72. The zero-order valence-electron chi connectivity index (χ0n) is 10.5. The van der Waals surface area contributed by atoms with Crippen LogP contribution in [0.2, 0.25) is 0 Å². The van der Waals surface area contributed by atoms with Gasteiger partial charge in [-0.1, -0.05) is 6.07 Å². The first-order valence-electron chi connectivity index (χ1n) is 6.12. The Bertz CT molecular complexity index is 767. The SMILES string of the molecule is O=C(O)c1csc(CNc2ccc3ncccc3c2)c1. The van der Waals surface area contributed by atoms with Crippen molar-refractivity contribution in [3.05, 3.63) is 58.4 Å². The molecule has 2 heterocycles. The molecule has 2 aromatic heterocycles. The van der Waals surface area contributed by atoms with Gasteiger partial charge in [-0.3, -0.25) is 4.98 Å². The minimum atomic E-state index is -0.885. The summed E-state index contributed by atoms with van der Waals surface area (Å²) >= 11 is 1.45. The van der Waals surface area contributed by atoms with E-state index < -0.39 is 5.97 Å². The average molecular weight is 284 g/mol. The number of fused-ring (bicyclic) bond motifs is 1. The highest BCUT2D eigenvalue weighted by atomic mass is 32.1. The summed E-state index contributed by atoms with van der Waals surface area (Å²) in [7, 11) is 0. The van der Waals surface area contributed by atoms with Crippen LogP contribution in [0.3, 0.4) is 0 Å². The van der Waals surface area contributed by atoms with E-state index in [-0.39, 0.29) is 0 Å². The lowest BCUT2D eigenvalue weighted by molar-refractivity contribution is 0.0697. The molecule has 0 atom stereocenters. The van der Waals surface area contributed by atoms with Crippen LogP contribution in [-0.4, -0.2) is 16.1 Å². The Hall–Kier alpha value is -2.40. The molecule has 1 aromatic carbocycles. The van der Waals surface area contributed by atoms with Crippen molar-refractivity contribution in [2.24, 2.45) is 0 Å². The normalized spacial score (nSPS) is 10.6. The maximum atomic E-state index is 10.8. The van der Waals surface area contributed by atoms with Gasteiger partial charge in [-0.2, -0.15) is 0 Å². The Morgan fingerprint density at radius 1 is 1.30 bits per heavy atom. The molecule has 0 saturated carbocycles. The lowest BCUT2D eigenvalue weighted by atomic mass is 10.2. The highest BCUT2D eigenvalue weighted by Crippen LogP contribution is 2.20. The number of nitrogens with zero attached hydrogens (tertiary/aromatic N) is 1. The number of hydrogen-bond acceptors (Lipinski definition) is 4. The molecule has 0 radical (unpaired) electrons. The Kier molecular flexibility index (Phi) is 3.35. The van der Waals surface area contributed by atoms with Crippen LogP contribution in [0.4, 0.5) is 5.69 Å². The van der Waals surface area contributed by atoms with Crippen LogP contribution in [0, 0.1) is 0 Å². The van der Waals surface area contributed by atoms with Crippen LogP contribution in [0.25, 0.3) is 10.9 Å². The number of pyridine rings is 1. The lowest BCUT2D eigenvalue weighted by Gasteiger charge is -2.05. The van der Waals surface area contributed by atoms with Gasteiger partial charge in [-0.05, 0) is 30.3 Å². The number of rotatable bonds is 4. The van der Waals surface area contributed by atoms with E-state index in [4.69, 9.17) is 5.11 Å². The van der Waals surface area contributed by atoms with Crippen LogP contribution >= 0.6 is 11.3 Å². The smallest absolute Gasteiger partial charge is 0.336 e. The third-order valence-electron chi connectivity index (χ3n) is 2.97. The van der Waals surface area contributed by atoms with Crippen molar-refractivity contribution >= 4 is 33.9 Å². The molecule has 0 bridgehead atoms. The van der Waals surface area contributed by atoms with Gasteiger partial charge in [0.05, 0.1) is 11.1 Å². The van der Waals surface area contributed by atoms with Gasteiger partial charge in [-0.25, -0.2) is 4.79 Å². The van der Waals surface area contributed by atoms with E-state index in [0.717, 1.165) is 21.5 Å². The van der Waals surface area contributed by atoms with E-state index in [1.807, 2.05) is 30.3 Å². The number of nitrogens with one attached hydrogen (secondary N) is 1. The Morgan fingerprint density at radius 2 is 2.20 bits per heavy atom. The zero-order valence-corrected chi connectivity index (χ0v) is 11.4. The summed E-state index contributed by atoms with van der Waals surface area (Å²) in [5.74, 6) is -0.885. The van der Waals surface area contributed by atoms with Gasteiger partial charge < -0.3 is 10.4 Å². The van der Waals surface area contributed by atoms with E-state index in [0.29, 0.717) is 12.1 Å². The molecule has 0 aliphatic carbocycles. The fraction of sp³-hybridized carbons (Fsp3) is 0.0667. The van der Waals surface area contributed by atoms with Crippen molar-refractivity contribution in [3.8, 4) is 0 Å².